The zero-order chi connectivity index (χ0) is 13.4. The summed E-state index contributed by atoms with van der Waals surface area (Å²) >= 11 is 9.98. The highest BCUT2D eigenvalue weighted by Gasteiger charge is 2.36. The molecule has 0 saturated carbocycles. The Hall–Kier alpha value is -1.32. The molecule has 0 amide bonds. The number of carbonyl (C=O) groups excluding carboxylic acids is 1. The zero-order valence-corrected chi connectivity index (χ0v) is 12.2. The Morgan fingerprint density at radius 1 is 1.11 bits per heavy atom. The van der Waals surface area contributed by atoms with Crippen molar-refractivity contribution in [3.05, 3.63) is 69.7 Å². The minimum atomic E-state index is -0.441. The fourth-order valence-electron chi connectivity index (χ4n) is 2.25. The van der Waals surface area contributed by atoms with Crippen LogP contribution in [0.4, 0.5) is 0 Å². The van der Waals surface area contributed by atoms with E-state index in [2.05, 4.69) is 15.9 Å². The lowest BCUT2D eigenvalue weighted by atomic mass is 9.99. The monoisotopic (exact) mass is 336 g/mol. The minimum absolute atomic E-state index is 0.307. The van der Waals surface area contributed by atoms with Crippen molar-refractivity contribution in [1.82, 2.24) is 0 Å². The molecule has 0 fully saturated rings. The second-order valence-corrected chi connectivity index (χ2v) is 5.66. The van der Waals surface area contributed by atoms with Gasteiger partial charge in [-0.1, -0.05) is 52.3 Å². The van der Waals surface area contributed by atoms with Gasteiger partial charge >= 0.3 is 5.97 Å². The maximum Gasteiger partial charge on any atom is 0.339 e. The predicted octanol–water partition coefficient (Wildman–Crippen LogP) is 4.64. The third kappa shape index (κ3) is 2.17. The van der Waals surface area contributed by atoms with Crippen LogP contribution in [0.25, 0.3) is 0 Å². The van der Waals surface area contributed by atoms with Gasteiger partial charge in [-0.05, 0) is 17.7 Å². The Bertz CT molecular complexity index is 642. The van der Waals surface area contributed by atoms with Crippen molar-refractivity contribution in [3.63, 3.8) is 0 Å². The van der Waals surface area contributed by atoms with Crippen LogP contribution in [0.1, 0.15) is 33.0 Å². The van der Waals surface area contributed by atoms with E-state index in [0.29, 0.717) is 5.56 Å². The lowest BCUT2D eigenvalue weighted by molar-refractivity contribution is 0.0376. The first-order valence-electron chi connectivity index (χ1n) is 5.87. The molecular weight excluding hydrogens is 328 g/mol. The third-order valence-electron chi connectivity index (χ3n) is 3.19. The van der Waals surface area contributed by atoms with E-state index in [0.717, 1.165) is 15.6 Å². The van der Waals surface area contributed by atoms with E-state index in [1.165, 1.54) is 0 Å². The fourth-order valence-corrected chi connectivity index (χ4v) is 3.29. The second kappa shape index (κ2) is 4.99. The molecule has 2 atom stereocenters. The summed E-state index contributed by atoms with van der Waals surface area (Å²) in [5, 5.41) is -0.414. The number of alkyl halides is 1. The largest absolute Gasteiger partial charge is 0.452 e. The van der Waals surface area contributed by atoms with Crippen LogP contribution in [0, 0.1) is 0 Å². The average molecular weight is 338 g/mol. The topological polar surface area (TPSA) is 26.3 Å². The summed E-state index contributed by atoms with van der Waals surface area (Å²) in [6, 6.07) is 15.0. The Labute approximate surface area is 124 Å². The number of rotatable bonds is 2. The fraction of sp³-hybridized carbons (Fsp3) is 0.133. The quantitative estimate of drug-likeness (QED) is 0.589. The molecule has 0 bridgehead atoms. The Balaban J connectivity index is 2.01. The molecule has 1 aliphatic heterocycles. The smallest absolute Gasteiger partial charge is 0.339 e. The first-order chi connectivity index (χ1) is 9.18. The molecule has 0 spiro atoms. The van der Waals surface area contributed by atoms with Gasteiger partial charge in [-0.15, -0.1) is 11.6 Å². The zero-order valence-electron chi connectivity index (χ0n) is 9.85. The summed E-state index contributed by atoms with van der Waals surface area (Å²) in [5.41, 5.74) is 2.37. The molecule has 0 aromatic heterocycles. The van der Waals surface area contributed by atoms with Gasteiger partial charge in [0.25, 0.3) is 0 Å². The lowest BCUT2D eigenvalue weighted by Gasteiger charge is -2.18. The molecule has 96 valence electrons. The molecule has 0 N–H and O–H groups in total. The van der Waals surface area contributed by atoms with E-state index < -0.39 is 11.5 Å². The first kappa shape index (κ1) is 12.7. The number of benzene rings is 2. The Kier molecular flexibility index (Phi) is 3.33. The molecule has 2 nitrogen and oxygen atoms in total. The summed E-state index contributed by atoms with van der Waals surface area (Å²) in [5.74, 6) is -0.307. The van der Waals surface area contributed by atoms with E-state index >= 15 is 0 Å². The van der Waals surface area contributed by atoms with Crippen LogP contribution in [0.3, 0.4) is 0 Å². The highest BCUT2D eigenvalue weighted by Crippen LogP contribution is 2.44. The Morgan fingerprint density at radius 2 is 1.79 bits per heavy atom. The van der Waals surface area contributed by atoms with Crippen molar-refractivity contribution in [2.45, 2.75) is 11.5 Å². The SMILES string of the molecule is O=C1OC(C(Cl)c2ccccc2Br)c2ccccc21. The number of hydrogen-bond acceptors (Lipinski definition) is 2. The van der Waals surface area contributed by atoms with E-state index in [4.69, 9.17) is 16.3 Å². The Morgan fingerprint density at radius 3 is 2.58 bits per heavy atom. The normalized spacial score (nSPS) is 18.8. The van der Waals surface area contributed by atoms with Crippen molar-refractivity contribution in [3.8, 4) is 0 Å². The molecule has 2 aromatic rings. The molecule has 0 saturated heterocycles. The average Bonchev–Trinajstić information content (AvgIpc) is 2.77. The van der Waals surface area contributed by atoms with Crippen LogP contribution in [0.2, 0.25) is 0 Å². The third-order valence-corrected chi connectivity index (χ3v) is 4.38. The molecule has 0 aliphatic carbocycles. The second-order valence-electron chi connectivity index (χ2n) is 4.34. The van der Waals surface area contributed by atoms with Crippen molar-refractivity contribution in [2.75, 3.05) is 0 Å². The molecule has 19 heavy (non-hydrogen) atoms. The number of carbonyl (C=O) groups is 1. The summed E-state index contributed by atoms with van der Waals surface area (Å²) in [4.78, 5) is 11.8. The van der Waals surface area contributed by atoms with Gasteiger partial charge in [-0.2, -0.15) is 0 Å². The summed E-state index contributed by atoms with van der Waals surface area (Å²) in [6.07, 6.45) is -0.441. The predicted molar refractivity (Wildman–Crippen MR) is 77.3 cm³/mol. The van der Waals surface area contributed by atoms with E-state index in [1.807, 2.05) is 42.5 Å². The standard InChI is InChI=1S/C15H10BrClO2/c16-12-8-4-3-7-11(12)13(17)14-9-5-1-2-6-10(9)15(18)19-14/h1-8,13-14H. The van der Waals surface area contributed by atoms with Crippen molar-refractivity contribution in [1.29, 1.82) is 0 Å². The molecule has 0 radical (unpaired) electrons. The van der Waals surface area contributed by atoms with Crippen LogP contribution >= 0.6 is 27.5 Å². The molecule has 4 heteroatoms. The first-order valence-corrected chi connectivity index (χ1v) is 7.10. The van der Waals surface area contributed by atoms with Crippen molar-refractivity contribution >= 4 is 33.5 Å². The van der Waals surface area contributed by atoms with Crippen LogP contribution in [0.5, 0.6) is 0 Å². The number of hydrogen-bond donors (Lipinski definition) is 0. The van der Waals surface area contributed by atoms with Gasteiger partial charge in [0.2, 0.25) is 0 Å². The lowest BCUT2D eigenvalue weighted by Crippen LogP contribution is -2.06. The molecule has 1 aliphatic rings. The molecular formula is C15H10BrClO2. The highest BCUT2D eigenvalue weighted by molar-refractivity contribution is 9.10. The van der Waals surface area contributed by atoms with Crippen LogP contribution in [0.15, 0.2) is 53.0 Å². The van der Waals surface area contributed by atoms with Gasteiger partial charge in [-0.25, -0.2) is 4.79 Å². The van der Waals surface area contributed by atoms with E-state index in [-0.39, 0.29) is 5.97 Å². The van der Waals surface area contributed by atoms with Crippen molar-refractivity contribution in [2.24, 2.45) is 0 Å². The number of fused-ring (bicyclic) bond motifs is 1. The maximum absolute atomic E-state index is 11.8. The van der Waals surface area contributed by atoms with Gasteiger partial charge in [0, 0.05) is 10.0 Å². The van der Waals surface area contributed by atoms with Crippen molar-refractivity contribution < 1.29 is 9.53 Å². The molecule has 2 unspecified atom stereocenters. The minimum Gasteiger partial charge on any atom is -0.452 e. The molecule has 3 rings (SSSR count). The van der Waals surface area contributed by atoms with Gasteiger partial charge in [0.15, 0.2) is 0 Å². The highest BCUT2D eigenvalue weighted by atomic mass is 79.9. The van der Waals surface area contributed by atoms with E-state index in [9.17, 15) is 4.79 Å². The van der Waals surface area contributed by atoms with Gasteiger partial charge in [0.05, 0.1) is 5.56 Å². The van der Waals surface area contributed by atoms with Gasteiger partial charge < -0.3 is 4.74 Å². The maximum atomic E-state index is 11.8. The number of ether oxygens (including phenoxy) is 1. The van der Waals surface area contributed by atoms with Crippen LogP contribution in [-0.4, -0.2) is 5.97 Å². The number of cyclic esters (lactones) is 1. The number of halogens is 2. The van der Waals surface area contributed by atoms with Gasteiger partial charge in [0.1, 0.15) is 11.5 Å². The summed E-state index contributed by atoms with van der Waals surface area (Å²) < 4.78 is 6.32. The number of esters is 1. The molecule has 1 heterocycles. The summed E-state index contributed by atoms with van der Waals surface area (Å²) in [7, 11) is 0. The van der Waals surface area contributed by atoms with E-state index in [1.54, 1.807) is 6.07 Å². The molecule has 2 aromatic carbocycles. The summed E-state index contributed by atoms with van der Waals surface area (Å²) in [6.45, 7) is 0. The van der Waals surface area contributed by atoms with Crippen LogP contribution < -0.4 is 0 Å². The van der Waals surface area contributed by atoms with Crippen LogP contribution in [-0.2, 0) is 4.74 Å². The van der Waals surface area contributed by atoms with Gasteiger partial charge in [-0.3, -0.25) is 0 Å².